The topological polar surface area (TPSA) is 36.4 Å². The van der Waals surface area contributed by atoms with Crippen molar-refractivity contribution in [3.8, 4) is 0 Å². The zero-order chi connectivity index (χ0) is 14.8. The minimum Gasteiger partial charge on any atom is -0.357 e. The fraction of sp³-hybridized carbons (Fsp3) is 0.500. The summed E-state index contributed by atoms with van der Waals surface area (Å²) in [4.78, 5) is 4.39. The minimum absolute atomic E-state index is 0.541. The lowest BCUT2D eigenvalue weighted by Crippen LogP contribution is -2.38. The third-order valence-electron chi connectivity index (χ3n) is 2.54. The summed E-state index contributed by atoms with van der Waals surface area (Å²) in [5, 5.41) is 6.28. The average Bonchev–Trinajstić information content (AvgIpc) is 2.38. The molecule has 0 saturated carbocycles. The largest absolute Gasteiger partial charge is 0.357 e. The van der Waals surface area contributed by atoms with Gasteiger partial charge < -0.3 is 10.6 Å². The highest BCUT2D eigenvalue weighted by Crippen LogP contribution is 2.08. The predicted molar refractivity (Wildman–Crippen MR) is 82.4 cm³/mol. The lowest BCUT2D eigenvalue weighted by atomic mass is 10.1. The van der Waals surface area contributed by atoms with Gasteiger partial charge in [0.25, 0.3) is 0 Å². The molecule has 20 heavy (non-hydrogen) atoms. The number of halogens is 2. The van der Waals surface area contributed by atoms with Crippen LogP contribution in [0.15, 0.2) is 23.2 Å². The molecule has 0 aliphatic carbocycles. The quantitative estimate of drug-likeness (QED) is 0.461. The number of hydrogen-bond acceptors (Lipinski definition) is 2. The lowest BCUT2D eigenvalue weighted by Gasteiger charge is -2.11. The van der Waals surface area contributed by atoms with Gasteiger partial charge in [-0.3, -0.25) is 4.99 Å². The molecule has 0 atom stereocenters. The molecule has 0 unspecified atom stereocenters. The van der Waals surface area contributed by atoms with Gasteiger partial charge in [0.05, 0.1) is 6.54 Å². The number of nitrogens with zero attached hydrogens (tertiary/aromatic N) is 1. The normalized spacial score (nSPS) is 11.5. The second kappa shape index (κ2) is 9.58. The molecular weight excluding hydrogens is 280 g/mol. The first kappa shape index (κ1) is 16.8. The van der Waals surface area contributed by atoms with Crippen LogP contribution >= 0.6 is 11.8 Å². The molecule has 0 amide bonds. The molecule has 2 N–H and O–H groups in total. The molecule has 0 saturated heterocycles. The molecule has 0 aliphatic heterocycles. The van der Waals surface area contributed by atoms with E-state index in [0.29, 0.717) is 18.5 Å². The SMILES string of the molecule is CCNC(=NCCSC)NCCc1cc(F)cc(F)c1. The van der Waals surface area contributed by atoms with Crippen LogP contribution in [0.4, 0.5) is 8.78 Å². The summed E-state index contributed by atoms with van der Waals surface area (Å²) in [6.45, 7) is 4.09. The van der Waals surface area contributed by atoms with Crippen LogP contribution in [0.1, 0.15) is 12.5 Å². The molecule has 112 valence electrons. The monoisotopic (exact) mass is 301 g/mol. The Balaban J connectivity index is 2.44. The minimum atomic E-state index is -0.541. The Kier molecular flexibility index (Phi) is 8.02. The van der Waals surface area contributed by atoms with Crippen molar-refractivity contribution in [3.05, 3.63) is 35.4 Å². The smallest absolute Gasteiger partial charge is 0.191 e. The molecule has 6 heteroatoms. The zero-order valence-corrected chi connectivity index (χ0v) is 12.7. The van der Waals surface area contributed by atoms with Gasteiger partial charge >= 0.3 is 0 Å². The van der Waals surface area contributed by atoms with Crippen LogP contribution < -0.4 is 10.6 Å². The Labute approximate surface area is 123 Å². The van der Waals surface area contributed by atoms with E-state index < -0.39 is 11.6 Å². The molecule has 0 radical (unpaired) electrons. The van der Waals surface area contributed by atoms with Gasteiger partial charge in [0.1, 0.15) is 11.6 Å². The molecule has 0 fully saturated rings. The van der Waals surface area contributed by atoms with Gasteiger partial charge in [-0.25, -0.2) is 8.78 Å². The van der Waals surface area contributed by atoms with E-state index in [0.717, 1.165) is 30.9 Å². The van der Waals surface area contributed by atoms with Gasteiger partial charge in [0, 0.05) is 24.9 Å². The van der Waals surface area contributed by atoms with Crippen LogP contribution in [0.5, 0.6) is 0 Å². The number of guanidine groups is 1. The average molecular weight is 301 g/mol. The van der Waals surface area contributed by atoms with Crippen molar-refractivity contribution in [1.82, 2.24) is 10.6 Å². The molecule has 0 heterocycles. The van der Waals surface area contributed by atoms with Crippen molar-refractivity contribution in [2.45, 2.75) is 13.3 Å². The Morgan fingerprint density at radius 2 is 1.90 bits per heavy atom. The highest BCUT2D eigenvalue weighted by molar-refractivity contribution is 7.98. The van der Waals surface area contributed by atoms with E-state index in [1.165, 1.54) is 12.1 Å². The molecule has 3 nitrogen and oxygen atoms in total. The first-order chi connectivity index (χ1) is 9.65. The van der Waals surface area contributed by atoms with Crippen molar-refractivity contribution in [1.29, 1.82) is 0 Å². The molecule has 0 bridgehead atoms. The van der Waals surface area contributed by atoms with Crippen LogP contribution in [-0.2, 0) is 6.42 Å². The third-order valence-corrected chi connectivity index (χ3v) is 3.13. The van der Waals surface area contributed by atoms with Crippen LogP contribution in [-0.4, -0.2) is 37.6 Å². The number of thioether (sulfide) groups is 1. The molecule has 1 aromatic rings. The maximum Gasteiger partial charge on any atom is 0.191 e. The molecule has 1 rings (SSSR count). The molecule has 0 aromatic heterocycles. The van der Waals surface area contributed by atoms with Crippen LogP contribution in [0.2, 0.25) is 0 Å². The van der Waals surface area contributed by atoms with Gasteiger partial charge in [-0.1, -0.05) is 0 Å². The summed E-state index contributed by atoms with van der Waals surface area (Å²) >= 11 is 1.74. The summed E-state index contributed by atoms with van der Waals surface area (Å²) in [5.74, 6) is 0.616. The highest BCUT2D eigenvalue weighted by Gasteiger charge is 2.01. The molecule has 0 aliphatic rings. The zero-order valence-electron chi connectivity index (χ0n) is 11.9. The Hall–Kier alpha value is -1.30. The molecule has 0 spiro atoms. The van der Waals surface area contributed by atoms with Crippen molar-refractivity contribution >= 4 is 17.7 Å². The van der Waals surface area contributed by atoms with E-state index in [1.54, 1.807) is 11.8 Å². The van der Waals surface area contributed by atoms with Gasteiger partial charge in [-0.2, -0.15) is 11.8 Å². The van der Waals surface area contributed by atoms with Gasteiger partial charge in [0.2, 0.25) is 0 Å². The van der Waals surface area contributed by atoms with E-state index in [2.05, 4.69) is 15.6 Å². The second-order valence-corrected chi connectivity index (χ2v) is 5.19. The maximum atomic E-state index is 13.0. The molecular formula is C14H21F2N3S. The lowest BCUT2D eigenvalue weighted by molar-refractivity contribution is 0.579. The van der Waals surface area contributed by atoms with Gasteiger partial charge in [-0.15, -0.1) is 0 Å². The van der Waals surface area contributed by atoms with E-state index in [-0.39, 0.29) is 0 Å². The fourth-order valence-corrected chi connectivity index (χ4v) is 1.94. The summed E-state index contributed by atoms with van der Waals surface area (Å²) in [6.07, 6.45) is 2.58. The van der Waals surface area contributed by atoms with Crippen molar-refractivity contribution in [3.63, 3.8) is 0 Å². The molecule has 1 aromatic carbocycles. The van der Waals surface area contributed by atoms with E-state index in [1.807, 2.05) is 13.2 Å². The van der Waals surface area contributed by atoms with Gasteiger partial charge in [0.15, 0.2) is 5.96 Å². The summed E-state index contributed by atoms with van der Waals surface area (Å²) < 4.78 is 26.1. The summed E-state index contributed by atoms with van der Waals surface area (Å²) in [6, 6.07) is 3.58. The Bertz CT molecular complexity index is 418. The van der Waals surface area contributed by atoms with E-state index >= 15 is 0 Å². The van der Waals surface area contributed by atoms with Crippen LogP contribution in [0.3, 0.4) is 0 Å². The van der Waals surface area contributed by atoms with E-state index in [9.17, 15) is 8.78 Å². The van der Waals surface area contributed by atoms with Gasteiger partial charge in [-0.05, 0) is 37.3 Å². The number of hydrogen-bond donors (Lipinski definition) is 2. The summed E-state index contributed by atoms with van der Waals surface area (Å²) in [5.41, 5.74) is 0.634. The third kappa shape index (κ3) is 6.75. The predicted octanol–water partition coefficient (Wildman–Crippen LogP) is 2.43. The van der Waals surface area contributed by atoms with Crippen molar-refractivity contribution in [2.75, 3.05) is 31.6 Å². The van der Waals surface area contributed by atoms with Crippen LogP contribution in [0.25, 0.3) is 0 Å². The number of rotatable bonds is 7. The van der Waals surface area contributed by atoms with E-state index in [4.69, 9.17) is 0 Å². The fourth-order valence-electron chi connectivity index (χ4n) is 1.67. The Morgan fingerprint density at radius 3 is 2.50 bits per heavy atom. The van der Waals surface area contributed by atoms with Crippen molar-refractivity contribution < 1.29 is 8.78 Å². The number of benzene rings is 1. The highest BCUT2D eigenvalue weighted by atomic mass is 32.2. The second-order valence-electron chi connectivity index (χ2n) is 4.21. The number of nitrogens with one attached hydrogen (secondary N) is 2. The van der Waals surface area contributed by atoms with Crippen LogP contribution in [0, 0.1) is 11.6 Å². The first-order valence-corrected chi connectivity index (χ1v) is 8.01. The Morgan fingerprint density at radius 1 is 1.20 bits per heavy atom. The van der Waals surface area contributed by atoms with Crippen molar-refractivity contribution in [2.24, 2.45) is 4.99 Å². The first-order valence-electron chi connectivity index (χ1n) is 6.61. The standard InChI is InChI=1S/C14H21F2N3S/c1-3-17-14(19-6-7-20-2)18-5-4-11-8-12(15)10-13(16)9-11/h8-10H,3-7H2,1-2H3,(H2,17,18,19). The number of aliphatic imine (C=N–C) groups is 1. The summed E-state index contributed by atoms with van der Waals surface area (Å²) in [7, 11) is 0. The maximum absolute atomic E-state index is 13.0.